The maximum Gasteiger partial charge on any atom is 0.265 e. The molecular weight excluding hydrogens is 371 g/mol. The monoisotopic (exact) mass is 388 g/mol. The van der Waals surface area contributed by atoms with Gasteiger partial charge in [-0.25, -0.2) is 9.37 Å². The average Bonchev–Trinajstić information content (AvgIpc) is 3.13. The van der Waals surface area contributed by atoms with Gasteiger partial charge in [-0.3, -0.25) is 4.79 Å². The van der Waals surface area contributed by atoms with Gasteiger partial charge in [0, 0.05) is 24.0 Å². The van der Waals surface area contributed by atoms with Crippen LogP contribution in [-0.2, 0) is 6.54 Å². The smallest absolute Gasteiger partial charge is 0.265 e. The van der Waals surface area contributed by atoms with Crippen LogP contribution in [0.2, 0.25) is 0 Å². The normalized spacial score (nSPS) is 10.5. The minimum absolute atomic E-state index is 0.211. The fourth-order valence-electron chi connectivity index (χ4n) is 2.29. The molecule has 5 nitrogen and oxygen atoms in total. The number of hydrogen-bond donors (Lipinski definition) is 3. The first-order chi connectivity index (χ1) is 12.6. The standard InChI is InChI=1S/C18H17FN4OS2/c1-25-16-7-6-15(26-16)18(24)23-12-4-5-13(19)11(9-12)10-22-14-3-2-8-21-17(14)20/h2-9,22H,10H2,1H3,(H2,20,21)(H,23,24). The SMILES string of the molecule is CSc1ccc(C(=O)Nc2ccc(F)c(CNc3cccnc3N)c2)s1. The van der Waals surface area contributed by atoms with Gasteiger partial charge in [0.15, 0.2) is 0 Å². The number of hydrogen-bond acceptors (Lipinski definition) is 6. The average molecular weight is 388 g/mol. The molecule has 1 amide bonds. The van der Waals surface area contributed by atoms with Crippen molar-refractivity contribution in [3.8, 4) is 0 Å². The highest BCUT2D eigenvalue weighted by molar-refractivity contribution is 8.00. The summed E-state index contributed by atoms with van der Waals surface area (Å²) in [5.41, 5.74) is 7.35. The highest BCUT2D eigenvalue weighted by atomic mass is 32.2. The Morgan fingerprint density at radius 1 is 1.31 bits per heavy atom. The van der Waals surface area contributed by atoms with E-state index in [4.69, 9.17) is 5.73 Å². The molecule has 0 saturated heterocycles. The number of halogens is 1. The summed E-state index contributed by atoms with van der Waals surface area (Å²) < 4.78 is 15.1. The molecule has 1 aromatic carbocycles. The number of pyridine rings is 1. The lowest BCUT2D eigenvalue weighted by atomic mass is 10.1. The summed E-state index contributed by atoms with van der Waals surface area (Å²) in [4.78, 5) is 16.9. The Balaban J connectivity index is 1.71. The zero-order valence-electron chi connectivity index (χ0n) is 14.0. The number of nitrogens with zero attached hydrogens (tertiary/aromatic N) is 1. The fourth-order valence-corrected chi connectivity index (χ4v) is 3.73. The largest absolute Gasteiger partial charge is 0.382 e. The van der Waals surface area contributed by atoms with E-state index in [1.807, 2.05) is 12.3 Å². The number of thiophene rings is 1. The highest BCUT2D eigenvalue weighted by Gasteiger charge is 2.11. The van der Waals surface area contributed by atoms with Gasteiger partial charge in [-0.05, 0) is 48.7 Å². The summed E-state index contributed by atoms with van der Waals surface area (Å²) in [7, 11) is 0. The van der Waals surface area contributed by atoms with Gasteiger partial charge >= 0.3 is 0 Å². The molecule has 2 aromatic heterocycles. The summed E-state index contributed by atoms with van der Waals surface area (Å²) in [6.07, 6.45) is 3.55. The number of aromatic nitrogens is 1. The predicted octanol–water partition coefficient (Wildman–Crippen LogP) is 4.45. The number of thioether (sulfide) groups is 1. The number of carbonyl (C=O) groups excluding carboxylic acids is 1. The number of amides is 1. The van der Waals surface area contributed by atoms with Gasteiger partial charge in [-0.15, -0.1) is 23.1 Å². The zero-order valence-corrected chi connectivity index (χ0v) is 15.6. The van der Waals surface area contributed by atoms with Gasteiger partial charge < -0.3 is 16.4 Å². The van der Waals surface area contributed by atoms with Gasteiger partial charge in [0.25, 0.3) is 5.91 Å². The second-order valence-electron chi connectivity index (χ2n) is 5.37. The van der Waals surface area contributed by atoms with Crippen molar-refractivity contribution in [3.63, 3.8) is 0 Å². The van der Waals surface area contributed by atoms with Crippen LogP contribution in [0.15, 0.2) is 52.9 Å². The Morgan fingerprint density at radius 3 is 2.88 bits per heavy atom. The number of carbonyl (C=O) groups is 1. The highest BCUT2D eigenvalue weighted by Crippen LogP contribution is 2.26. The van der Waals surface area contributed by atoms with Crippen LogP contribution < -0.4 is 16.4 Å². The van der Waals surface area contributed by atoms with E-state index >= 15 is 0 Å². The number of nitrogen functional groups attached to an aromatic ring is 1. The van der Waals surface area contributed by atoms with E-state index in [9.17, 15) is 9.18 Å². The molecule has 3 rings (SSSR count). The summed E-state index contributed by atoms with van der Waals surface area (Å²) in [5.74, 6) is -0.226. The van der Waals surface area contributed by atoms with Crippen LogP contribution in [-0.4, -0.2) is 17.1 Å². The minimum Gasteiger partial charge on any atom is -0.382 e. The number of nitrogens with one attached hydrogen (secondary N) is 2. The van der Waals surface area contributed by atoms with Gasteiger partial charge in [-0.1, -0.05) is 0 Å². The van der Waals surface area contributed by atoms with Gasteiger partial charge in [0.05, 0.1) is 14.8 Å². The first-order valence-corrected chi connectivity index (χ1v) is 9.79. The minimum atomic E-state index is -0.362. The van der Waals surface area contributed by atoms with E-state index in [0.29, 0.717) is 27.6 Å². The lowest BCUT2D eigenvalue weighted by Crippen LogP contribution is -2.11. The Hall–Kier alpha value is -2.58. The molecule has 3 aromatic rings. The third-order valence-electron chi connectivity index (χ3n) is 3.62. The molecule has 0 bridgehead atoms. The predicted molar refractivity (Wildman–Crippen MR) is 106 cm³/mol. The molecule has 0 unspecified atom stereocenters. The first kappa shape index (κ1) is 18.2. The lowest BCUT2D eigenvalue weighted by molar-refractivity contribution is 0.103. The van der Waals surface area contributed by atoms with Crippen LogP contribution >= 0.6 is 23.1 Å². The molecule has 2 heterocycles. The van der Waals surface area contributed by atoms with E-state index in [0.717, 1.165) is 4.21 Å². The lowest BCUT2D eigenvalue weighted by Gasteiger charge is -2.11. The van der Waals surface area contributed by atoms with E-state index in [1.165, 1.54) is 23.5 Å². The van der Waals surface area contributed by atoms with Gasteiger partial charge in [-0.2, -0.15) is 0 Å². The van der Waals surface area contributed by atoms with Crippen molar-refractivity contribution in [3.05, 3.63) is 64.9 Å². The van der Waals surface area contributed by atoms with Crippen LogP contribution in [0.4, 0.5) is 21.6 Å². The molecule has 0 radical (unpaired) electrons. The molecule has 26 heavy (non-hydrogen) atoms. The van der Waals surface area contributed by atoms with Gasteiger partial charge in [0.2, 0.25) is 0 Å². The first-order valence-electron chi connectivity index (χ1n) is 7.75. The van der Waals surface area contributed by atoms with Crippen LogP contribution in [0, 0.1) is 5.82 Å². The quantitative estimate of drug-likeness (QED) is 0.544. The molecule has 0 aliphatic heterocycles. The van der Waals surface area contributed by atoms with Crippen molar-refractivity contribution in [1.82, 2.24) is 4.98 Å². The summed E-state index contributed by atoms with van der Waals surface area (Å²) in [6, 6.07) is 11.7. The number of nitrogens with two attached hydrogens (primary N) is 1. The Kier molecular flexibility index (Phi) is 5.75. The zero-order chi connectivity index (χ0) is 18.5. The third kappa shape index (κ3) is 4.33. The summed E-state index contributed by atoms with van der Waals surface area (Å²) in [5, 5.41) is 5.86. The second-order valence-corrected chi connectivity index (χ2v) is 7.56. The molecule has 0 fully saturated rings. The van der Waals surface area contributed by atoms with Crippen LogP contribution in [0.25, 0.3) is 0 Å². The van der Waals surface area contributed by atoms with Crippen molar-refractivity contribution in [2.45, 2.75) is 10.8 Å². The Morgan fingerprint density at radius 2 is 2.15 bits per heavy atom. The molecule has 0 saturated carbocycles. The van der Waals surface area contributed by atoms with Crippen molar-refractivity contribution in [2.75, 3.05) is 22.6 Å². The maximum atomic E-state index is 14.1. The number of benzene rings is 1. The maximum absolute atomic E-state index is 14.1. The third-order valence-corrected chi connectivity index (χ3v) is 5.78. The van der Waals surface area contributed by atoms with Crippen LogP contribution in [0.1, 0.15) is 15.2 Å². The van der Waals surface area contributed by atoms with Crippen LogP contribution in [0.3, 0.4) is 0 Å². The fraction of sp³-hybridized carbons (Fsp3) is 0.111. The van der Waals surface area contributed by atoms with E-state index in [1.54, 1.807) is 42.2 Å². The second kappa shape index (κ2) is 8.20. The molecule has 0 aliphatic rings. The molecular formula is C18H17FN4OS2. The molecule has 8 heteroatoms. The van der Waals surface area contributed by atoms with Crippen molar-refractivity contribution >= 4 is 46.2 Å². The van der Waals surface area contributed by atoms with Gasteiger partial charge in [0.1, 0.15) is 11.6 Å². The number of anilines is 3. The molecule has 4 N–H and O–H groups in total. The number of rotatable bonds is 6. The summed E-state index contributed by atoms with van der Waals surface area (Å²) in [6.45, 7) is 0.223. The molecule has 0 spiro atoms. The molecule has 0 aliphatic carbocycles. The topological polar surface area (TPSA) is 80.0 Å². The van der Waals surface area contributed by atoms with Crippen molar-refractivity contribution in [2.24, 2.45) is 0 Å². The van der Waals surface area contributed by atoms with E-state index in [2.05, 4.69) is 15.6 Å². The Labute approximate surface area is 158 Å². The van der Waals surface area contributed by atoms with E-state index < -0.39 is 0 Å². The van der Waals surface area contributed by atoms with E-state index in [-0.39, 0.29) is 18.3 Å². The van der Waals surface area contributed by atoms with Crippen molar-refractivity contribution < 1.29 is 9.18 Å². The summed E-state index contributed by atoms with van der Waals surface area (Å²) >= 11 is 3.01. The Bertz CT molecular complexity index is 929. The molecule has 0 atom stereocenters. The molecule has 134 valence electrons. The van der Waals surface area contributed by atoms with Crippen molar-refractivity contribution in [1.29, 1.82) is 0 Å². The van der Waals surface area contributed by atoms with Crippen LogP contribution in [0.5, 0.6) is 0 Å².